The van der Waals surface area contributed by atoms with Crippen LogP contribution in [0.25, 0.3) is 0 Å². The van der Waals surface area contributed by atoms with Crippen LogP contribution in [0.4, 0.5) is 0 Å². The summed E-state index contributed by atoms with van der Waals surface area (Å²) in [4.78, 5) is 36.9. The fourth-order valence-electron chi connectivity index (χ4n) is 5.45. The SMILES string of the molecule is CCCCC/C=C\C/C=C\CCCCCCCC(=O)OC(COC(=O)CCCCCCCCCCCCC)COC(OCC[N+](C)(C)C)C(=O)O. The molecule has 2 atom stereocenters. The van der Waals surface area contributed by atoms with Gasteiger partial charge in [0.2, 0.25) is 0 Å². The summed E-state index contributed by atoms with van der Waals surface area (Å²) in [6.07, 6.45) is 32.3. The highest BCUT2D eigenvalue weighted by atomic mass is 16.7. The third kappa shape index (κ3) is 35.9. The van der Waals surface area contributed by atoms with Gasteiger partial charge in [0.1, 0.15) is 13.2 Å². The number of nitrogens with zero attached hydrogens (tertiary/aromatic N) is 1. The zero-order valence-corrected chi connectivity index (χ0v) is 33.5. The molecule has 0 saturated carbocycles. The number of allylic oxidation sites excluding steroid dienone is 4. The average molecular weight is 725 g/mol. The lowest BCUT2D eigenvalue weighted by molar-refractivity contribution is -0.870. The number of likely N-dealkylation sites (N-methyl/N-ethyl adjacent to an activating group) is 1. The zero-order chi connectivity index (χ0) is 37.8. The van der Waals surface area contributed by atoms with E-state index in [-0.39, 0.29) is 32.2 Å². The third-order valence-electron chi connectivity index (χ3n) is 8.71. The number of ether oxygens (including phenoxy) is 4. The number of quaternary nitrogens is 1. The summed E-state index contributed by atoms with van der Waals surface area (Å²) in [5.41, 5.74) is 0. The number of carboxylic acid groups (broad SMARTS) is 1. The smallest absolute Gasteiger partial charge is 0.361 e. The Morgan fingerprint density at radius 1 is 0.588 bits per heavy atom. The lowest BCUT2D eigenvalue weighted by Crippen LogP contribution is -2.40. The maximum atomic E-state index is 12.7. The first kappa shape index (κ1) is 48.8. The molecule has 0 aliphatic rings. The van der Waals surface area contributed by atoms with Gasteiger partial charge >= 0.3 is 17.9 Å². The van der Waals surface area contributed by atoms with Gasteiger partial charge in [0.05, 0.1) is 34.4 Å². The molecule has 51 heavy (non-hydrogen) atoms. The van der Waals surface area contributed by atoms with E-state index in [1.807, 2.05) is 21.1 Å². The molecule has 0 aliphatic carbocycles. The molecule has 0 aromatic rings. The highest BCUT2D eigenvalue weighted by Gasteiger charge is 2.25. The number of hydrogen-bond acceptors (Lipinski definition) is 7. The van der Waals surface area contributed by atoms with Gasteiger partial charge in [-0.2, -0.15) is 0 Å². The summed E-state index contributed by atoms with van der Waals surface area (Å²) in [7, 11) is 5.94. The maximum absolute atomic E-state index is 12.7. The summed E-state index contributed by atoms with van der Waals surface area (Å²) in [6.45, 7) is 4.81. The van der Waals surface area contributed by atoms with E-state index in [0.717, 1.165) is 57.8 Å². The van der Waals surface area contributed by atoms with E-state index < -0.39 is 24.3 Å². The van der Waals surface area contributed by atoms with Crippen molar-refractivity contribution in [2.45, 2.75) is 180 Å². The molecular formula is C42H78NO8+. The van der Waals surface area contributed by atoms with Gasteiger partial charge in [-0.25, -0.2) is 4.79 Å². The lowest BCUT2D eigenvalue weighted by atomic mass is 10.1. The molecule has 0 aliphatic heterocycles. The van der Waals surface area contributed by atoms with Gasteiger partial charge in [-0.3, -0.25) is 9.59 Å². The van der Waals surface area contributed by atoms with E-state index in [1.54, 1.807) is 0 Å². The standard InChI is InChI=1S/C42H77NO8/c1-6-8-10-12-14-16-18-19-20-21-23-25-27-29-31-33-40(45)51-38(37-50-42(41(46)47)48-35-34-43(3,4)5)36-49-39(44)32-30-28-26-24-22-17-15-13-11-9-7-2/h14,16,19-20,38,42H,6-13,15,17-18,21-37H2,1-5H3/p+1/b16-14-,20-19-. The second kappa shape index (κ2) is 34.8. The number of aliphatic carboxylic acids is 1. The van der Waals surface area contributed by atoms with Gasteiger partial charge < -0.3 is 28.5 Å². The minimum atomic E-state index is -1.51. The molecule has 298 valence electrons. The molecule has 0 saturated heterocycles. The first-order valence-corrected chi connectivity index (χ1v) is 20.5. The molecule has 0 amide bonds. The number of hydrogen-bond donors (Lipinski definition) is 1. The highest BCUT2D eigenvalue weighted by Crippen LogP contribution is 2.14. The van der Waals surface area contributed by atoms with E-state index in [2.05, 4.69) is 38.2 Å². The van der Waals surface area contributed by atoms with E-state index in [4.69, 9.17) is 18.9 Å². The monoisotopic (exact) mass is 725 g/mol. The number of rotatable bonds is 37. The number of carbonyl (C=O) groups excluding carboxylic acids is 2. The Morgan fingerprint density at radius 3 is 1.59 bits per heavy atom. The van der Waals surface area contributed by atoms with E-state index in [0.29, 0.717) is 23.9 Å². The average Bonchev–Trinajstić information content (AvgIpc) is 3.08. The molecule has 0 radical (unpaired) electrons. The Kier molecular flexibility index (Phi) is 33.3. The van der Waals surface area contributed by atoms with Crippen LogP contribution in [0.2, 0.25) is 0 Å². The van der Waals surface area contributed by atoms with Crippen molar-refractivity contribution in [3.8, 4) is 0 Å². The third-order valence-corrected chi connectivity index (χ3v) is 8.71. The van der Waals surface area contributed by atoms with Gasteiger partial charge in [0.25, 0.3) is 6.29 Å². The van der Waals surface area contributed by atoms with Crippen molar-refractivity contribution in [1.82, 2.24) is 0 Å². The maximum Gasteiger partial charge on any atom is 0.361 e. The summed E-state index contributed by atoms with van der Waals surface area (Å²) >= 11 is 0. The minimum Gasteiger partial charge on any atom is -0.477 e. The normalized spacial score (nSPS) is 13.2. The summed E-state index contributed by atoms with van der Waals surface area (Å²) in [5.74, 6) is -2.02. The van der Waals surface area contributed by atoms with Crippen molar-refractivity contribution in [3.63, 3.8) is 0 Å². The predicted molar refractivity (Wildman–Crippen MR) is 208 cm³/mol. The topological polar surface area (TPSA) is 108 Å². The molecule has 0 heterocycles. The Morgan fingerprint density at radius 2 is 1.06 bits per heavy atom. The van der Waals surface area contributed by atoms with Gasteiger partial charge in [-0.05, 0) is 44.9 Å². The molecule has 1 N–H and O–H groups in total. The van der Waals surface area contributed by atoms with Gasteiger partial charge in [0.15, 0.2) is 6.10 Å². The second-order valence-electron chi connectivity index (χ2n) is 14.9. The highest BCUT2D eigenvalue weighted by molar-refractivity contribution is 5.71. The van der Waals surface area contributed by atoms with Crippen molar-refractivity contribution in [1.29, 1.82) is 0 Å². The summed E-state index contributed by atoms with van der Waals surface area (Å²) in [5, 5.41) is 9.60. The largest absolute Gasteiger partial charge is 0.477 e. The Hall–Kier alpha value is -2.23. The van der Waals surface area contributed by atoms with E-state index in [1.165, 1.54) is 77.0 Å². The van der Waals surface area contributed by atoms with E-state index >= 15 is 0 Å². The molecule has 2 unspecified atom stereocenters. The Labute approximate surface area is 312 Å². The van der Waals surface area contributed by atoms with Crippen LogP contribution in [0.3, 0.4) is 0 Å². The lowest BCUT2D eigenvalue weighted by Gasteiger charge is -2.25. The molecule has 0 fully saturated rings. The van der Waals surface area contributed by atoms with E-state index in [9.17, 15) is 19.5 Å². The van der Waals surface area contributed by atoms with Gasteiger partial charge in [0, 0.05) is 12.8 Å². The van der Waals surface area contributed by atoms with Crippen molar-refractivity contribution >= 4 is 17.9 Å². The molecule has 0 aromatic carbocycles. The van der Waals surface area contributed by atoms with Crippen LogP contribution in [0.15, 0.2) is 24.3 Å². The first-order chi connectivity index (χ1) is 24.6. The van der Waals surface area contributed by atoms with Gasteiger partial charge in [-0.15, -0.1) is 0 Å². The molecule has 9 heteroatoms. The van der Waals surface area contributed by atoms with Crippen molar-refractivity contribution < 1.29 is 42.9 Å². The summed E-state index contributed by atoms with van der Waals surface area (Å²) < 4.78 is 22.6. The fourth-order valence-corrected chi connectivity index (χ4v) is 5.45. The fraction of sp³-hybridized carbons (Fsp3) is 0.833. The minimum absolute atomic E-state index is 0.185. The number of carboxylic acids is 1. The number of unbranched alkanes of at least 4 members (excludes halogenated alkanes) is 18. The van der Waals surface area contributed by atoms with Crippen LogP contribution in [0.5, 0.6) is 0 Å². The van der Waals surface area contributed by atoms with Crippen LogP contribution in [-0.4, -0.2) is 87.4 Å². The van der Waals surface area contributed by atoms with Crippen molar-refractivity contribution in [3.05, 3.63) is 24.3 Å². The molecule has 0 aromatic heterocycles. The van der Waals surface area contributed by atoms with Crippen LogP contribution in [0, 0.1) is 0 Å². The molecule has 0 bridgehead atoms. The second-order valence-corrected chi connectivity index (χ2v) is 14.9. The van der Waals surface area contributed by atoms with Crippen LogP contribution in [-0.2, 0) is 33.3 Å². The Bertz CT molecular complexity index is 898. The molecule has 0 rings (SSSR count). The Balaban J connectivity index is 4.52. The molecular weight excluding hydrogens is 646 g/mol. The number of esters is 2. The van der Waals surface area contributed by atoms with Gasteiger partial charge in [-0.1, -0.05) is 134 Å². The van der Waals surface area contributed by atoms with Crippen molar-refractivity contribution in [2.75, 3.05) is 47.5 Å². The zero-order valence-electron chi connectivity index (χ0n) is 33.5. The quantitative estimate of drug-likeness (QED) is 0.0222. The molecule has 9 nitrogen and oxygen atoms in total. The number of carbonyl (C=O) groups is 3. The van der Waals surface area contributed by atoms with Crippen LogP contribution >= 0.6 is 0 Å². The predicted octanol–water partition coefficient (Wildman–Crippen LogP) is 10.1. The molecule has 0 spiro atoms. The van der Waals surface area contributed by atoms with Crippen molar-refractivity contribution in [2.24, 2.45) is 0 Å². The van der Waals surface area contributed by atoms with Crippen LogP contribution < -0.4 is 0 Å². The first-order valence-electron chi connectivity index (χ1n) is 20.5. The van der Waals surface area contributed by atoms with Crippen LogP contribution in [0.1, 0.15) is 168 Å². The summed E-state index contributed by atoms with van der Waals surface area (Å²) in [6, 6.07) is 0.